The Bertz CT molecular complexity index is 1570. The number of likely N-dealkylation sites (tertiary alicyclic amines) is 2. The van der Waals surface area contributed by atoms with Crippen molar-refractivity contribution in [2.24, 2.45) is 17.8 Å². The molecule has 10 nitrogen and oxygen atoms in total. The molecule has 4 atom stereocenters. The first-order chi connectivity index (χ1) is 18.0. The van der Waals surface area contributed by atoms with Crippen molar-refractivity contribution in [2.75, 3.05) is 32.8 Å². The highest BCUT2D eigenvalue weighted by atomic mass is 16.5. The van der Waals surface area contributed by atoms with Gasteiger partial charge in [0, 0.05) is 48.5 Å². The van der Waals surface area contributed by atoms with Crippen LogP contribution in [0.3, 0.4) is 0 Å². The molecule has 188 valence electrons. The summed E-state index contributed by atoms with van der Waals surface area (Å²) in [5.74, 6) is 0.389. The van der Waals surface area contributed by atoms with Crippen molar-refractivity contribution >= 4 is 33.8 Å². The van der Waals surface area contributed by atoms with E-state index in [1.165, 1.54) is 0 Å². The molecule has 3 aliphatic rings. The van der Waals surface area contributed by atoms with E-state index in [1.54, 1.807) is 29.2 Å². The number of rotatable bonds is 4. The molecular weight excluding hydrogens is 472 g/mol. The van der Waals surface area contributed by atoms with Gasteiger partial charge in [-0.3, -0.25) is 14.7 Å². The normalized spacial score (nSPS) is 26.3. The summed E-state index contributed by atoms with van der Waals surface area (Å²) in [6.45, 7) is 4.11. The van der Waals surface area contributed by atoms with Gasteiger partial charge in [0.2, 0.25) is 0 Å². The maximum atomic E-state index is 13.5. The van der Waals surface area contributed by atoms with E-state index >= 15 is 0 Å². The van der Waals surface area contributed by atoms with Gasteiger partial charge in [0.05, 0.1) is 29.8 Å². The Morgan fingerprint density at radius 1 is 1.05 bits per heavy atom. The number of carbonyl (C=O) groups is 2. The molecular formula is C27H26N6O4. The largest absolute Gasteiger partial charge is 0.493 e. The lowest BCUT2D eigenvalue weighted by atomic mass is 9.56. The number of H-pyrrole nitrogens is 1. The molecule has 1 aliphatic carbocycles. The first-order valence-corrected chi connectivity index (χ1v) is 12.6. The summed E-state index contributed by atoms with van der Waals surface area (Å²) in [7, 11) is 0. The van der Waals surface area contributed by atoms with Crippen molar-refractivity contribution in [3.8, 4) is 5.75 Å². The van der Waals surface area contributed by atoms with Crippen LogP contribution in [0, 0.1) is 17.8 Å². The minimum Gasteiger partial charge on any atom is -0.493 e. The second-order valence-electron chi connectivity index (χ2n) is 10.3. The molecule has 37 heavy (non-hydrogen) atoms. The molecule has 2 aromatic carbocycles. The average Bonchev–Trinajstić information content (AvgIpc) is 3.62. The molecule has 0 spiro atoms. The van der Waals surface area contributed by atoms with Gasteiger partial charge in [-0.05, 0) is 43.2 Å². The Morgan fingerprint density at radius 3 is 2.70 bits per heavy atom. The number of para-hydroxylation sites is 1. The number of hydrogen-bond acceptors (Lipinski definition) is 7. The molecule has 7 rings (SSSR count). The minimum absolute atomic E-state index is 0.0569. The van der Waals surface area contributed by atoms with Crippen LogP contribution < -0.4 is 4.74 Å². The molecule has 2 N–H and O–H groups in total. The number of aliphatic hydroxyl groups is 1. The molecule has 2 aliphatic heterocycles. The van der Waals surface area contributed by atoms with E-state index in [2.05, 4.69) is 20.4 Å². The first-order valence-electron chi connectivity index (χ1n) is 12.6. The number of carbonyl (C=O) groups excluding carboxylic acids is 2. The van der Waals surface area contributed by atoms with Gasteiger partial charge in [-0.1, -0.05) is 17.3 Å². The third-order valence-corrected chi connectivity index (χ3v) is 8.37. The molecule has 1 saturated carbocycles. The quantitative estimate of drug-likeness (QED) is 0.442. The number of hydrogen-bond donors (Lipinski definition) is 2. The highest BCUT2D eigenvalue weighted by Gasteiger charge is 2.68. The third kappa shape index (κ3) is 3.25. The van der Waals surface area contributed by atoms with Gasteiger partial charge in [-0.15, -0.1) is 5.10 Å². The predicted octanol–water partition coefficient (Wildman–Crippen LogP) is 2.11. The van der Waals surface area contributed by atoms with Gasteiger partial charge in [0.1, 0.15) is 17.0 Å². The van der Waals surface area contributed by atoms with Crippen molar-refractivity contribution in [2.45, 2.75) is 12.5 Å². The number of aromatic amines is 1. The fourth-order valence-electron chi connectivity index (χ4n) is 6.60. The van der Waals surface area contributed by atoms with E-state index in [0.29, 0.717) is 54.3 Å². The second-order valence-corrected chi connectivity index (χ2v) is 10.3. The van der Waals surface area contributed by atoms with Crippen LogP contribution in [0.15, 0.2) is 48.5 Å². The molecule has 4 aromatic rings. The number of pyridine rings is 1. The molecule has 4 heterocycles. The van der Waals surface area contributed by atoms with Crippen LogP contribution in [0.5, 0.6) is 5.75 Å². The molecule has 10 heteroatoms. The Kier molecular flexibility index (Phi) is 4.78. The van der Waals surface area contributed by atoms with Crippen LogP contribution in [0.1, 0.15) is 27.8 Å². The van der Waals surface area contributed by atoms with E-state index < -0.39 is 5.60 Å². The zero-order chi connectivity index (χ0) is 25.3. The second kappa shape index (κ2) is 7.97. The number of aromatic nitrogens is 4. The lowest BCUT2D eigenvalue weighted by Crippen LogP contribution is -2.61. The average molecular weight is 499 g/mol. The summed E-state index contributed by atoms with van der Waals surface area (Å²) < 4.78 is 5.79. The van der Waals surface area contributed by atoms with Crippen LogP contribution in [0.2, 0.25) is 0 Å². The van der Waals surface area contributed by atoms with Crippen LogP contribution >= 0.6 is 0 Å². The topological polar surface area (TPSA) is 125 Å². The summed E-state index contributed by atoms with van der Waals surface area (Å²) in [5.41, 5.74) is 2.01. The number of nitrogens with one attached hydrogen (secondary N) is 1. The fourth-order valence-corrected chi connectivity index (χ4v) is 6.60. The molecule has 0 bridgehead atoms. The summed E-state index contributed by atoms with van der Waals surface area (Å²) in [6, 6.07) is 14.6. The molecule has 2 unspecified atom stereocenters. The maximum Gasteiger partial charge on any atom is 0.272 e. The number of benzene rings is 2. The Labute approximate surface area is 212 Å². The summed E-state index contributed by atoms with van der Waals surface area (Å²) in [6.07, 6.45) is 0. The minimum atomic E-state index is -0.995. The summed E-state index contributed by atoms with van der Waals surface area (Å²) >= 11 is 0. The van der Waals surface area contributed by atoms with E-state index in [1.807, 2.05) is 36.1 Å². The van der Waals surface area contributed by atoms with Gasteiger partial charge in [-0.25, -0.2) is 4.98 Å². The van der Waals surface area contributed by atoms with Crippen LogP contribution in [-0.4, -0.2) is 85.5 Å². The van der Waals surface area contributed by atoms with Gasteiger partial charge in [0.15, 0.2) is 0 Å². The van der Waals surface area contributed by atoms with E-state index in [0.717, 1.165) is 10.9 Å². The number of ether oxygens (including phenoxy) is 1. The number of β-amino-alcohol motifs (C(OH)–C–C–N with tert-alkyl or cyclic N) is 1. The zero-order valence-corrected chi connectivity index (χ0v) is 20.3. The predicted molar refractivity (Wildman–Crippen MR) is 134 cm³/mol. The lowest BCUT2D eigenvalue weighted by molar-refractivity contribution is -0.145. The number of fused-ring (bicyclic) bond motifs is 6. The Hall–Kier alpha value is -4.05. The van der Waals surface area contributed by atoms with Gasteiger partial charge >= 0.3 is 0 Å². The summed E-state index contributed by atoms with van der Waals surface area (Å²) in [4.78, 5) is 34.8. The lowest BCUT2D eigenvalue weighted by Gasteiger charge is -2.50. The molecule has 2 amide bonds. The highest BCUT2D eigenvalue weighted by molar-refractivity contribution is 5.98. The molecule has 3 fully saturated rings. The van der Waals surface area contributed by atoms with Crippen molar-refractivity contribution in [1.82, 2.24) is 30.2 Å². The number of amides is 2. The molecule has 2 aromatic heterocycles. The van der Waals surface area contributed by atoms with Crippen LogP contribution in [-0.2, 0) is 0 Å². The standard InChI is InChI=1S/C27H26N6O4/c1-2-37-24-10-23(28-20-6-4-3-5-16(20)24)26(35)33-13-19-17-11-32(12-18(17)27(19,36)14-33)25(34)15-7-8-21-22(9-15)30-31-29-21/h3-10,17-19,36H,2,11-14H2,1H3,(H,29,30,31)/t17-,18+,19?,27?/m0/s1. The Balaban J connectivity index is 1.09. The zero-order valence-electron chi connectivity index (χ0n) is 20.3. The summed E-state index contributed by atoms with van der Waals surface area (Å²) in [5, 5.41) is 23.0. The molecule has 0 radical (unpaired) electrons. The van der Waals surface area contributed by atoms with Gasteiger partial charge in [-0.2, -0.15) is 0 Å². The van der Waals surface area contributed by atoms with E-state index in [4.69, 9.17) is 4.74 Å². The SMILES string of the molecule is CCOc1cc(C(=O)N2CC3[C@H]4CN(C(=O)c5ccc6[nH]nnc6c5)C[C@H]4C3(O)C2)nc2ccccc12. The fraction of sp³-hybridized carbons (Fsp3) is 0.370. The van der Waals surface area contributed by atoms with Crippen molar-refractivity contribution in [3.63, 3.8) is 0 Å². The van der Waals surface area contributed by atoms with Gasteiger partial charge in [0.25, 0.3) is 11.8 Å². The van der Waals surface area contributed by atoms with Crippen molar-refractivity contribution < 1.29 is 19.4 Å². The van der Waals surface area contributed by atoms with Crippen molar-refractivity contribution in [1.29, 1.82) is 0 Å². The van der Waals surface area contributed by atoms with Gasteiger partial charge < -0.3 is 19.6 Å². The van der Waals surface area contributed by atoms with Crippen molar-refractivity contribution in [3.05, 3.63) is 59.8 Å². The van der Waals surface area contributed by atoms with Crippen LogP contribution in [0.25, 0.3) is 21.9 Å². The monoisotopic (exact) mass is 498 g/mol. The maximum absolute atomic E-state index is 13.5. The van der Waals surface area contributed by atoms with E-state index in [-0.39, 0.29) is 36.1 Å². The first kappa shape index (κ1) is 22.2. The third-order valence-electron chi connectivity index (χ3n) is 8.37. The Morgan fingerprint density at radius 2 is 1.86 bits per heavy atom. The highest BCUT2D eigenvalue weighted by Crippen LogP contribution is 2.57. The van der Waals surface area contributed by atoms with E-state index in [9.17, 15) is 14.7 Å². The van der Waals surface area contributed by atoms with Crippen LogP contribution in [0.4, 0.5) is 0 Å². The number of nitrogens with zero attached hydrogens (tertiary/aromatic N) is 5. The smallest absolute Gasteiger partial charge is 0.272 e. The molecule has 2 saturated heterocycles.